The van der Waals surface area contributed by atoms with Crippen molar-refractivity contribution in [2.24, 2.45) is 0 Å². The van der Waals surface area contributed by atoms with Crippen LogP contribution in [-0.4, -0.2) is 15.3 Å². The molecule has 0 radical (unpaired) electrons. The quantitative estimate of drug-likeness (QED) is 0.700. The first kappa shape index (κ1) is 12.6. The van der Waals surface area contributed by atoms with Crippen molar-refractivity contribution in [1.82, 2.24) is 9.55 Å². The highest BCUT2D eigenvalue weighted by molar-refractivity contribution is 5.80. The third kappa shape index (κ3) is 4.17. The number of carbonyl (C=O) groups excluding carboxylic acids is 1. The van der Waals surface area contributed by atoms with E-state index in [0.717, 1.165) is 24.9 Å². The Bertz CT molecular complexity index is 463. The maximum absolute atomic E-state index is 11.8. The Balaban J connectivity index is 1.63. The molecule has 0 spiro atoms. The van der Waals surface area contributed by atoms with Crippen LogP contribution in [0, 0.1) is 0 Å². The van der Waals surface area contributed by atoms with Crippen LogP contribution >= 0.6 is 0 Å². The topological polar surface area (TPSA) is 34.9 Å². The second kappa shape index (κ2) is 6.74. The number of benzene rings is 1. The number of unbranched alkanes of at least 4 members (excludes halogenated alkanes) is 1. The minimum Gasteiger partial charge on any atom is -0.337 e. The molecule has 1 aromatic heterocycles. The molecule has 0 unspecified atom stereocenters. The third-order valence-corrected chi connectivity index (χ3v) is 2.93. The molecule has 2 aromatic rings. The van der Waals surface area contributed by atoms with Gasteiger partial charge in [-0.25, -0.2) is 4.98 Å². The van der Waals surface area contributed by atoms with Crippen molar-refractivity contribution in [2.45, 2.75) is 32.2 Å². The molecule has 0 aliphatic rings. The summed E-state index contributed by atoms with van der Waals surface area (Å²) in [6, 6.07) is 9.93. The molecule has 0 saturated carbocycles. The molecule has 2 rings (SSSR count). The van der Waals surface area contributed by atoms with Crippen molar-refractivity contribution in [1.29, 1.82) is 0 Å². The summed E-state index contributed by atoms with van der Waals surface area (Å²) >= 11 is 0. The highest BCUT2D eigenvalue weighted by Crippen LogP contribution is 2.05. The molecule has 3 heteroatoms. The molecule has 3 nitrogen and oxygen atoms in total. The van der Waals surface area contributed by atoms with E-state index in [-0.39, 0.29) is 0 Å². The van der Waals surface area contributed by atoms with Gasteiger partial charge in [0.15, 0.2) is 0 Å². The van der Waals surface area contributed by atoms with Crippen LogP contribution in [-0.2, 0) is 17.8 Å². The van der Waals surface area contributed by atoms with Crippen LogP contribution in [0.2, 0.25) is 0 Å². The predicted octanol–water partition coefficient (Wildman–Crippen LogP) is 2.87. The molecule has 0 bridgehead atoms. The second-order valence-electron chi connectivity index (χ2n) is 4.46. The molecule has 0 aliphatic carbocycles. The van der Waals surface area contributed by atoms with Crippen LogP contribution in [0.15, 0.2) is 49.1 Å². The van der Waals surface area contributed by atoms with Gasteiger partial charge < -0.3 is 4.57 Å². The van der Waals surface area contributed by atoms with Gasteiger partial charge in [-0.15, -0.1) is 0 Å². The highest BCUT2D eigenvalue weighted by Gasteiger charge is 2.03. The van der Waals surface area contributed by atoms with Crippen LogP contribution in [0.4, 0.5) is 0 Å². The summed E-state index contributed by atoms with van der Waals surface area (Å²) in [5.41, 5.74) is 1.11. The average Bonchev–Trinajstić information content (AvgIpc) is 2.89. The monoisotopic (exact) mass is 242 g/mol. The van der Waals surface area contributed by atoms with Crippen molar-refractivity contribution in [3.63, 3.8) is 0 Å². The van der Waals surface area contributed by atoms with Crippen LogP contribution < -0.4 is 0 Å². The molecule has 1 aromatic carbocycles. The van der Waals surface area contributed by atoms with Gasteiger partial charge in [-0.1, -0.05) is 30.3 Å². The molecule has 0 saturated heterocycles. The van der Waals surface area contributed by atoms with E-state index in [9.17, 15) is 4.79 Å². The van der Waals surface area contributed by atoms with Gasteiger partial charge in [0.2, 0.25) is 0 Å². The van der Waals surface area contributed by atoms with Crippen LogP contribution in [0.5, 0.6) is 0 Å². The molecular weight excluding hydrogens is 224 g/mol. The lowest BCUT2D eigenvalue weighted by Gasteiger charge is -2.03. The Morgan fingerprint density at radius 2 is 2.00 bits per heavy atom. The molecule has 0 aliphatic heterocycles. The Labute approximate surface area is 107 Å². The average molecular weight is 242 g/mol. The maximum atomic E-state index is 11.8. The Kier molecular flexibility index (Phi) is 4.70. The van der Waals surface area contributed by atoms with E-state index in [4.69, 9.17) is 0 Å². The summed E-state index contributed by atoms with van der Waals surface area (Å²) in [6.45, 7) is 0.943. The lowest BCUT2D eigenvalue weighted by molar-refractivity contribution is -0.118. The summed E-state index contributed by atoms with van der Waals surface area (Å²) < 4.78 is 2.04. The first-order chi connectivity index (χ1) is 8.84. The summed E-state index contributed by atoms with van der Waals surface area (Å²) in [4.78, 5) is 15.7. The van der Waals surface area contributed by atoms with Gasteiger partial charge >= 0.3 is 0 Å². The largest absolute Gasteiger partial charge is 0.337 e. The molecule has 18 heavy (non-hydrogen) atoms. The van der Waals surface area contributed by atoms with Gasteiger partial charge in [0.25, 0.3) is 0 Å². The molecule has 0 fully saturated rings. The minimum absolute atomic E-state index is 0.326. The van der Waals surface area contributed by atoms with E-state index < -0.39 is 0 Å². The lowest BCUT2D eigenvalue weighted by atomic mass is 10.1. The number of imidazole rings is 1. The number of ketones is 1. The van der Waals surface area contributed by atoms with E-state index in [1.54, 1.807) is 6.20 Å². The number of rotatable bonds is 7. The maximum Gasteiger partial charge on any atom is 0.137 e. The van der Waals surface area contributed by atoms with Crippen molar-refractivity contribution in [2.75, 3.05) is 0 Å². The molecular formula is C15H18N2O. The molecule has 94 valence electrons. The zero-order chi connectivity index (χ0) is 12.6. The number of aryl methyl sites for hydroxylation is 1. The first-order valence-electron chi connectivity index (χ1n) is 6.36. The van der Waals surface area contributed by atoms with Gasteiger partial charge in [0.05, 0.1) is 6.33 Å². The van der Waals surface area contributed by atoms with Gasteiger partial charge in [0.1, 0.15) is 5.78 Å². The standard InChI is InChI=1S/C15H18N2O/c18-15(12-14-6-2-1-3-7-14)8-4-5-10-17-11-9-16-13-17/h1-3,6-7,9,11,13H,4-5,8,10,12H2. The lowest BCUT2D eigenvalue weighted by Crippen LogP contribution is -2.03. The van der Waals surface area contributed by atoms with E-state index >= 15 is 0 Å². The number of Topliss-reactive ketones (excluding diaryl/α,β-unsaturated/α-hetero) is 1. The molecule has 0 N–H and O–H groups in total. The number of carbonyl (C=O) groups is 1. The molecule has 0 atom stereocenters. The van der Waals surface area contributed by atoms with Gasteiger partial charge in [-0.05, 0) is 18.4 Å². The second-order valence-corrected chi connectivity index (χ2v) is 4.46. The third-order valence-electron chi connectivity index (χ3n) is 2.93. The minimum atomic E-state index is 0.326. The first-order valence-corrected chi connectivity index (χ1v) is 6.36. The normalized spacial score (nSPS) is 10.4. The van der Waals surface area contributed by atoms with Crippen molar-refractivity contribution in [3.05, 3.63) is 54.6 Å². The van der Waals surface area contributed by atoms with Gasteiger partial charge in [-0.3, -0.25) is 4.79 Å². The Morgan fingerprint density at radius 3 is 2.72 bits per heavy atom. The number of hydrogen-bond acceptors (Lipinski definition) is 2. The van der Waals surface area contributed by atoms with Gasteiger partial charge in [-0.2, -0.15) is 0 Å². The van der Waals surface area contributed by atoms with Crippen molar-refractivity contribution >= 4 is 5.78 Å². The SMILES string of the molecule is O=C(CCCCn1ccnc1)Cc1ccccc1. The fraction of sp³-hybridized carbons (Fsp3) is 0.333. The van der Waals surface area contributed by atoms with E-state index in [0.29, 0.717) is 18.6 Å². The summed E-state index contributed by atoms with van der Waals surface area (Å²) in [5.74, 6) is 0.326. The fourth-order valence-corrected chi connectivity index (χ4v) is 1.95. The van der Waals surface area contributed by atoms with Gasteiger partial charge in [0, 0.05) is 31.8 Å². The number of aromatic nitrogens is 2. The van der Waals surface area contributed by atoms with Crippen molar-refractivity contribution in [3.8, 4) is 0 Å². The Morgan fingerprint density at radius 1 is 1.17 bits per heavy atom. The van der Waals surface area contributed by atoms with E-state index in [1.807, 2.05) is 47.4 Å². The van der Waals surface area contributed by atoms with Crippen LogP contribution in [0.1, 0.15) is 24.8 Å². The predicted molar refractivity (Wildman–Crippen MR) is 71.2 cm³/mol. The smallest absolute Gasteiger partial charge is 0.137 e. The zero-order valence-corrected chi connectivity index (χ0v) is 10.5. The van der Waals surface area contributed by atoms with E-state index in [2.05, 4.69) is 4.98 Å². The van der Waals surface area contributed by atoms with Crippen LogP contribution in [0.3, 0.4) is 0 Å². The highest BCUT2D eigenvalue weighted by atomic mass is 16.1. The summed E-state index contributed by atoms with van der Waals surface area (Å²) in [5, 5.41) is 0. The Hall–Kier alpha value is -1.90. The van der Waals surface area contributed by atoms with Crippen molar-refractivity contribution < 1.29 is 4.79 Å². The molecule has 1 heterocycles. The summed E-state index contributed by atoms with van der Waals surface area (Å²) in [6.07, 6.45) is 8.74. The number of hydrogen-bond donors (Lipinski definition) is 0. The van der Waals surface area contributed by atoms with E-state index in [1.165, 1.54) is 0 Å². The molecule has 0 amide bonds. The summed E-state index contributed by atoms with van der Waals surface area (Å²) in [7, 11) is 0. The number of nitrogens with zero attached hydrogens (tertiary/aromatic N) is 2. The fourth-order valence-electron chi connectivity index (χ4n) is 1.95. The zero-order valence-electron chi connectivity index (χ0n) is 10.5. The van der Waals surface area contributed by atoms with Crippen LogP contribution in [0.25, 0.3) is 0 Å².